The second-order valence-electron chi connectivity index (χ2n) is 4.96. The molecule has 0 bridgehead atoms. The van der Waals surface area contributed by atoms with Crippen LogP contribution in [0, 0.1) is 5.82 Å². The van der Waals surface area contributed by atoms with Crippen LogP contribution in [-0.2, 0) is 13.8 Å². The highest BCUT2D eigenvalue weighted by molar-refractivity contribution is 8.13. The number of rotatable bonds is 6. The van der Waals surface area contributed by atoms with Gasteiger partial charge in [0, 0.05) is 29.4 Å². The van der Waals surface area contributed by atoms with Crippen LogP contribution in [0.1, 0.15) is 31.1 Å². The van der Waals surface area contributed by atoms with E-state index in [1.54, 1.807) is 13.8 Å². The predicted molar refractivity (Wildman–Crippen MR) is 77.5 cm³/mol. The molecule has 5 nitrogen and oxygen atoms in total. The van der Waals surface area contributed by atoms with Gasteiger partial charge in [-0.3, -0.25) is 4.79 Å². The first-order chi connectivity index (χ1) is 9.57. The third kappa shape index (κ3) is 5.26. The Bertz CT molecular complexity index is 631. The number of benzene rings is 1. The lowest BCUT2D eigenvalue weighted by molar-refractivity contribution is -0.00815. The molecule has 21 heavy (non-hydrogen) atoms. The van der Waals surface area contributed by atoms with Crippen molar-refractivity contribution in [1.29, 1.82) is 0 Å². The Morgan fingerprint density at radius 3 is 2.57 bits per heavy atom. The third-order valence-electron chi connectivity index (χ3n) is 2.67. The lowest BCUT2D eigenvalue weighted by Gasteiger charge is -2.24. The van der Waals surface area contributed by atoms with E-state index in [1.165, 1.54) is 6.07 Å². The number of carbonyl (C=O) groups excluding carboxylic acids is 1. The van der Waals surface area contributed by atoms with E-state index in [0.717, 1.165) is 12.1 Å². The van der Waals surface area contributed by atoms with Crippen molar-refractivity contribution in [3.8, 4) is 0 Å². The van der Waals surface area contributed by atoms with Crippen molar-refractivity contribution < 1.29 is 22.3 Å². The van der Waals surface area contributed by atoms with Crippen LogP contribution in [0.2, 0.25) is 0 Å². The highest BCUT2D eigenvalue weighted by Gasteiger charge is 2.21. The molecule has 1 amide bonds. The number of amides is 1. The molecule has 0 unspecified atom stereocenters. The normalized spacial score (nSPS) is 12.2. The van der Waals surface area contributed by atoms with E-state index in [9.17, 15) is 17.6 Å². The van der Waals surface area contributed by atoms with Gasteiger partial charge >= 0.3 is 0 Å². The van der Waals surface area contributed by atoms with Gasteiger partial charge in [-0.25, -0.2) is 12.8 Å². The summed E-state index contributed by atoms with van der Waals surface area (Å²) in [4.78, 5) is 11.2. The van der Waals surface area contributed by atoms with Crippen molar-refractivity contribution in [2.24, 2.45) is 0 Å². The van der Waals surface area contributed by atoms with Crippen LogP contribution >= 0.6 is 10.7 Å². The van der Waals surface area contributed by atoms with Gasteiger partial charge in [0.15, 0.2) is 0 Å². The fraction of sp³-hybridized carbons (Fsp3) is 0.462. The summed E-state index contributed by atoms with van der Waals surface area (Å²) in [6.45, 7) is 6.15. The summed E-state index contributed by atoms with van der Waals surface area (Å²) in [6, 6.07) is 2.97. The molecule has 1 aromatic carbocycles. The van der Waals surface area contributed by atoms with Gasteiger partial charge in [0.05, 0.1) is 5.60 Å². The molecule has 0 aliphatic rings. The lowest BCUT2D eigenvalue weighted by Crippen LogP contribution is -2.40. The molecule has 0 saturated heterocycles. The maximum atomic E-state index is 13.4. The van der Waals surface area contributed by atoms with Gasteiger partial charge in [-0.15, -0.1) is 0 Å². The first-order valence-corrected chi connectivity index (χ1v) is 8.54. The molecule has 1 N–H and O–H groups in total. The fourth-order valence-electron chi connectivity index (χ4n) is 1.67. The molecule has 0 atom stereocenters. The van der Waals surface area contributed by atoms with Crippen LogP contribution in [-0.4, -0.2) is 33.1 Å². The molecule has 1 aromatic rings. The molecule has 0 aliphatic carbocycles. The topological polar surface area (TPSA) is 72.5 Å². The Morgan fingerprint density at radius 2 is 2.05 bits per heavy atom. The molecule has 1 rings (SSSR count). The number of carbonyl (C=O) groups is 1. The first kappa shape index (κ1) is 17.9. The van der Waals surface area contributed by atoms with Gasteiger partial charge in [0.2, 0.25) is 0 Å². The maximum absolute atomic E-state index is 13.4. The van der Waals surface area contributed by atoms with Crippen LogP contribution in [0.3, 0.4) is 0 Å². The Kier molecular flexibility index (Phi) is 5.72. The van der Waals surface area contributed by atoms with Crippen LogP contribution in [0.15, 0.2) is 23.1 Å². The van der Waals surface area contributed by atoms with Crippen molar-refractivity contribution in [2.75, 3.05) is 13.2 Å². The summed E-state index contributed by atoms with van der Waals surface area (Å²) >= 11 is 0. The molecule has 0 spiro atoms. The van der Waals surface area contributed by atoms with Gasteiger partial charge < -0.3 is 10.1 Å². The highest BCUT2D eigenvalue weighted by Crippen LogP contribution is 2.20. The van der Waals surface area contributed by atoms with E-state index in [1.807, 2.05) is 6.92 Å². The van der Waals surface area contributed by atoms with Gasteiger partial charge in [-0.1, -0.05) is 0 Å². The number of hydrogen-bond donors (Lipinski definition) is 1. The van der Waals surface area contributed by atoms with Crippen LogP contribution in [0.4, 0.5) is 4.39 Å². The minimum Gasteiger partial charge on any atom is -0.374 e. The SMILES string of the molecule is CCOC(C)(C)CNC(=O)c1ccc(F)c(S(=O)(=O)Cl)c1. The van der Waals surface area contributed by atoms with E-state index < -0.39 is 31.3 Å². The molecule has 0 radical (unpaired) electrons. The van der Waals surface area contributed by atoms with E-state index >= 15 is 0 Å². The van der Waals surface area contributed by atoms with Gasteiger partial charge in [0.1, 0.15) is 10.7 Å². The van der Waals surface area contributed by atoms with Crippen molar-refractivity contribution in [2.45, 2.75) is 31.3 Å². The zero-order valence-corrected chi connectivity index (χ0v) is 13.5. The van der Waals surface area contributed by atoms with Gasteiger partial charge in [-0.05, 0) is 39.0 Å². The lowest BCUT2D eigenvalue weighted by atomic mass is 10.1. The molecule has 0 heterocycles. The fourth-order valence-corrected chi connectivity index (χ4v) is 2.59. The molecule has 8 heteroatoms. The Morgan fingerprint density at radius 1 is 1.43 bits per heavy atom. The quantitative estimate of drug-likeness (QED) is 0.808. The van der Waals surface area contributed by atoms with Gasteiger partial charge in [0.25, 0.3) is 15.0 Å². The molecule has 118 valence electrons. The number of halogens is 2. The number of hydrogen-bond acceptors (Lipinski definition) is 4. The summed E-state index contributed by atoms with van der Waals surface area (Å²) in [5.74, 6) is -1.54. The Labute approximate surface area is 127 Å². The monoisotopic (exact) mass is 337 g/mol. The predicted octanol–water partition coefficient (Wildman–Crippen LogP) is 2.30. The molecule has 0 aliphatic heterocycles. The smallest absolute Gasteiger partial charge is 0.264 e. The second-order valence-corrected chi connectivity index (χ2v) is 7.49. The van der Waals surface area contributed by atoms with Crippen molar-refractivity contribution in [1.82, 2.24) is 5.32 Å². The minimum absolute atomic E-state index is 0.00271. The molecule has 0 aromatic heterocycles. The summed E-state index contributed by atoms with van der Waals surface area (Å²) < 4.78 is 41.2. The summed E-state index contributed by atoms with van der Waals surface area (Å²) in [7, 11) is 0.863. The number of nitrogens with one attached hydrogen (secondary N) is 1. The second kappa shape index (κ2) is 6.72. The molecule has 0 saturated carbocycles. The maximum Gasteiger partial charge on any atom is 0.264 e. The molecular weight excluding hydrogens is 321 g/mol. The van der Waals surface area contributed by atoms with Crippen molar-refractivity contribution >= 4 is 25.6 Å². The van der Waals surface area contributed by atoms with Crippen LogP contribution in [0.25, 0.3) is 0 Å². The Balaban J connectivity index is 2.90. The largest absolute Gasteiger partial charge is 0.374 e. The molecule has 0 fully saturated rings. The molecular formula is C13H17ClFNO4S. The first-order valence-electron chi connectivity index (χ1n) is 6.23. The average Bonchev–Trinajstić information content (AvgIpc) is 2.35. The van der Waals surface area contributed by atoms with Crippen molar-refractivity contribution in [3.05, 3.63) is 29.6 Å². The highest BCUT2D eigenvalue weighted by atomic mass is 35.7. The standard InChI is InChI=1S/C13H17ClFNO4S/c1-4-20-13(2,3)8-16-12(17)9-5-6-10(15)11(7-9)21(14,18)19/h5-7H,4,8H2,1-3H3,(H,16,17). The van der Waals surface area contributed by atoms with Crippen LogP contribution in [0.5, 0.6) is 0 Å². The Hall–Kier alpha value is -1.18. The van der Waals surface area contributed by atoms with E-state index in [4.69, 9.17) is 15.4 Å². The average molecular weight is 338 g/mol. The summed E-state index contributed by atoms with van der Waals surface area (Å²) in [6.07, 6.45) is 0. The van der Waals surface area contributed by atoms with E-state index in [2.05, 4.69) is 5.32 Å². The van der Waals surface area contributed by atoms with E-state index in [-0.39, 0.29) is 12.1 Å². The minimum atomic E-state index is -4.25. The summed E-state index contributed by atoms with van der Waals surface area (Å²) in [5.41, 5.74) is -0.561. The van der Waals surface area contributed by atoms with Crippen molar-refractivity contribution in [3.63, 3.8) is 0 Å². The summed E-state index contributed by atoms with van der Waals surface area (Å²) in [5, 5.41) is 2.60. The third-order valence-corrected chi connectivity index (χ3v) is 4.00. The zero-order chi connectivity index (χ0) is 16.3. The van der Waals surface area contributed by atoms with E-state index in [0.29, 0.717) is 6.61 Å². The zero-order valence-electron chi connectivity index (χ0n) is 11.9. The van der Waals surface area contributed by atoms with Gasteiger partial charge in [-0.2, -0.15) is 0 Å². The van der Waals surface area contributed by atoms with Crippen LogP contribution < -0.4 is 5.32 Å². The number of ether oxygens (including phenoxy) is 1.